The van der Waals surface area contributed by atoms with E-state index in [0.29, 0.717) is 5.02 Å². The van der Waals surface area contributed by atoms with E-state index in [0.717, 1.165) is 11.6 Å². The summed E-state index contributed by atoms with van der Waals surface area (Å²) in [6.45, 7) is -0.662. The van der Waals surface area contributed by atoms with Gasteiger partial charge in [0.05, 0.1) is 18.7 Å². The zero-order valence-electron chi connectivity index (χ0n) is 18.8. The van der Waals surface area contributed by atoms with Gasteiger partial charge in [0, 0.05) is 11.6 Å². The van der Waals surface area contributed by atoms with Crippen molar-refractivity contribution < 1.29 is 33.3 Å². The lowest BCUT2D eigenvalue weighted by Gasteiger charge is -2.28. The average molecular weight is 521 g/mol. The molecule has 2 heterocycles. The Morgan fingerprint density at radius 3 is 2.78 bits per heavy atom. The van der Waals surface area contributed by atoms with Crippen LogP contribution in [-0.2, 0) is 20.8 Å². The smallest absolute Gasteiger partial charge is 0.287 e. The number of nitrogens with one attached hydrogen (secondary N) is 3. The van der Waals surface area contributed by atoms with Gasteiger partial charge in [-0.3, -0.25) is 14.4 Å². The van der Waals surface area contributed by atoms with E-state index in [4.69, 9.17) is 30.9 Å². The summed E-state index contributed by atoms with van der Waals surface area (Å²) >= 11 is 5.94. The van der Waals surface area contributed by atoms with Crippen molar-refractivity contribution in [2.45, 2.75) is 18.8 Å². The molecule has 0 radical (unpaired) electrons. The second-order valence-corrected chi connectivity index (χ2v) is 8.22. The molecule has 2 atom stereocenters. The van der Waals surface area contributed by atoms with E-state index in [1.165, 1.54) is 6.07 Å². The predicted octanol–water partition coefficient (Wildman–Crippen LogP) is 0.874. The van der Waals surface area contributed by atoms with Crippen molar-refractivity contribution in [1.82, 2.24) is 20.6 Å². The van der Waals surface area contributed by atoms with Gasteiger partial charge in [-0.05, 0) is 29.8 Å². The van der Waals surface area contributed by atoms with Gasteiger partial charge in [-0.25, -0.2) is 9.37 Å². The second-order valence-electron chi connectivity index (χ2n) is 7.79. The molecule has 0 spiro atoms. The zero-order valence-corrected chi connectivity index (χ0v) is 19.5. The number of rotatable bonds is 8. The van der Waals surface area contributed by atoms with E-state index >= 15 is 0 Å². The average Bonchev–Trinajstić information content (AvgIpc) is 2.87. The summed E-state index contributed by atoms with van der Waals surface area (Å²) in [7, 11) is 0. The molecule has 11 nitrogen and oxygen atoms in total. The number of hydrogen-bond donors (Lipinski definition) is 4. The van der Waals surface area contributed by atoms with Crippen molar-refractivity contribution in [3.05, 3.63) is 69.0 Å². The summed E-state index contributed by atoms with van der Waals surface area (Å²) in [4.78, 5) is 43.5. The fraction of sp³-hybridized carbons (Fsp3) is 0.304. The molecule has 2 amide bonds. The minimum Gasteiger partial charge on any atom is -0.487 e. The summed E-state index contributed by atoms with van der Waals surface area (Å²) in [6, 6.07) is 9.26. The molecule has 13 heteroatoms. The number of amides is 2. The lowest BCUT2D eigenvalue weighted by molar-refractivity contribution is -0.165. The van der Waals surface area contributed by atoms with Gasteiger partial charge in [-0.15, -0.1) is 0 Å². The number of H-pyrrole nitrogens is 1. The Balaban J connectivity index is 1.44. The van der Waals surface area contributed by atoms with Crippen molar-refractivity contribution in [3.63, 3.8) is 0 Å². The van der Waals surface area contributed by atoms with Crippen LogP contribution in [0, 0.1) is 5.82 Å². The lowest BCUT2D eigenvalue weighted by atomic mass is 10.2. The number of hydrogen-bond acceptors (Lipinski definition) is 8. The maximum absolute atomic E-state index is 14.6. The third-order valence-corrected chi connectivity index (χ3v) is 5.50. The molecule has 2 unspecified atom stereocenters. The van der Waals surface area contributed by atoms with Gasteiger partial charge in [-0.2, -0.15) is 0 Å². The molecule has 0 bridgehead atoms. The highest BCUT2D eigenvalue weighted by molar-refractivity contribution is 6.30. The first-order valence-electron chi connectivity index (χ1n) is 10.9. The Morgan fingerprint density at radius 1 is 1.22 bits per heavy atom. The highest BCUT2D eigenvalue weighted by Crippen LogP contribution is 2.26. The first-order valence-corrected chi connectivity index (χ1v) is 11.2. The van der Waals surface area contributed by atoms with Crippen LogP contribution in [0.2, 0.25) is 5.02 Å². The van der Waals surface area contributed by atoms with Crippen molar-refractivity contribution in [3.8, 4) is 5.75 Å². The van der Waals surface area contributed by atoms with Crippen LogP contribution in [-0.4, -0.2) is 65.6 Å². The number of halogens is 2. The van der Waals surface area contributed by atoms with E-state index in [2.05, 4.69) is 20.6 Å². The largest absolute Gasteiger partial charge is 0.487 e. The fourth-order valence-electron chi connectivity index (χ4n) is 3.50. The molecule has 190 valence electrons. The maximum atomic E-state index is 14.6. The first kappa shape index (κ1) is 25.5. The number of carbonyl (C=O) groups is 2. The van der Waals surface area contributed by atoms with Crippen LogP contribution in [0.5, 0.6) is 5.75 Å². The molecule has 4 rings (SSSR count). The predicted molar refractivity (Wildman–Crippen MR) is 125 cm³/mol. The van der Waals surface area contributed by atoms with Crippen molar-refractivity contribution in [2.24, 2.45) is 0 Å². The number of aromatic amines is 1. The number of fused-ring (bicyclic) bond motifs is 1. The van der Waals surface area contributed by atoms with Crippen molar-refractivity contribution >= 4 is 34.3 Å². The molecule has 1 aromatic heterocycles. The van der Waals surface area contributed by atoms with Crippen LogP contribution < -0.4 is 20.9 Å². The van der Waals surface area contributed by atoms with Crippen LogP contribution in [0.1, 0.15) is 16.2 Å². The summed E-state index contributed by atoms with van der Waals surface area (Å²) in [5.74, 6) is -2.56. The second kappa shape index (κ2) is 11.4. The van der Waals surface area contributed by atoms with E-state index < -0.39 is 42.1 Å². The number of aromatic nitrogens is 2. The topological polar surface area (TPSA) is 152 Å². The van der Waals surface area contributed by atoms with Gasteiger partial charge in [-0.1, -0.05) is 23.7 Å². The SMILES string of the molecule is O=C(NCc1cccc(Cl)c1)c1nc2ccc(F)c(OCC3COC(C(=O)NCO)CO3)c2c(=O)[nH]1. The van der Waals surface area contributed by atoms with Gasteiger partial charge in [0.25, 0.3) is 17.4 Å². The van der Waals surface area contributed by atoms with Gasteiger partial charge >= 0.3 is 0 Å². The normalized spacial score (nSPS) is 17.5. The molecule has 1 fully saturated rings. The number of aliphatic hydroxyl groups excluding tert-OH is 1. The molecule has 1 saturated heterocycles. The number of nitrogens with zero attached hydrogens (tertiary/aromatic N) is 1. The Labute approximate surface area is 208 Å². The molecule has 36 heavy (non-hydrogen) atoms. The Morgan fingerprint density at radius 2 is 2.06 bits per heavy atom. The van der Waals surface area contributed by atoms with Crippen LogP contribution in [0.25, 0.3) is 10.9 Å². The minimum atomic E-state index is -0.891. The molecule has 0 aliphatic carbocycles. The number of ether oxygens (including phenoxy) is 3. The first-order chi connectivity index (χ1) is 17.4. The molecule has 1 aliphatic heterocycles. The van der Waals surface area contributed by atoms with E-state index in [1.807, 2.05) is 0 Å². The van der Waals surface area contributed by atoms with Crippen molar-refractivity contribution in [2.75, 3.05) is 26.6 Å². The van der Waals surface area contributed by atoms with Gasteiger partial charge < -0.3 is 34.9 Å². The number of benzene rings is 2. The highest BCUT2D eigenvalue weighted by Gasteiger charge is 2.28. The Bertz CT molecular complexity index is 1330. The minimum absolute atomic E-state index is 0.0263. The van der Waals surface area contributed by atoms with E-state index in [-0.39, 0.29) is 48.8 Å². The lowest BCUT2D eigenvalue weighted by Crippen LogP contribution is -2.47. The zero-order chi connectivity index (χ0) is 25.7. The third kappa shape index (κ3) is 5.97. The summed E-state index contributed by atoms with van der Waals surface area (Å²) < 4.78 is 31.0. The van der Waals surface area contributed by atoms with Crippen LogP contribution in [0.4, 0.5) is 4.39 Å². The van der Waals surface area contributed by atoms with Gasteiger partial charge in [0.15, 0.2) is 23.5 Å². The highest BCUT2D eigenvalue weighted by atomic mass is 35.5. The maximum Gasteiger partial charge on any atom is 0.287 e. The molecular formula is C23H22ClFN4O7. The number of aliphatic hydroxyl groups is 1. The molecule has 3 aromatic rings. The van der Waals surface area contributed by atoms with E-state index in [1.54, 1.807) is 24.3 Å². The molecule has 4 N–H and O–H groups in total. The fourth-order valence-corrected chi connectivity index (χ4v) is 3.71. The third-order valence-electron chi connectivity index (χ3n) is 5.26. The standard InChI is InChI=1S/C23H22ClFN4O7/c24-13-3-1-2-12(6-13)7-26-23(33)20-28-16-5-4-15(25)19(18(16)22(32)29-20)36-9-14-8-35-17(10-34-14)21(31)27-11-30/h1-6,14,17,30H,7-11H2,(H,26,33)(H,27,31)(H,28,29,32). The summed E-state index contributed by atoms with van der Waals surface area (Å²) in [5, 5.41) is 13.9. The van der Waals surface area contributed by atoms with Crippen molar-refractivity contribution in [1.29, 1.82) is 0 Å². The molecule has 1 aliphatic rings. The van der Waals surface area contributed by atoms with Crippen LogP contribution >= 0.6 is 11.6 Å². The van der Waals surface area contributed by atoms with E-state index in [9.17, 15) is 18.8 Å². The molecular weight excluding hydrogens is 499 g/mol. The molecule has 2 aromatic carbocycles. The van der Waals surface area contributed by atoms with Gasteiger partial charge in [0.1, 0.15) is 24.8 Å². The number of carbonyl (C=O) groups excluding carboxylic acids is 2. The molecule has 0 saturated carbocycles. The van der Waals surface area contributed by atoms with Crippen LogP contribution in [0.3, 0.4) is 0 Å². The Kier molecular flexibility index (Phi) is 8.10. The summed E-state index contributed by atoms with van der Waals surface area (Å²) in [6.07, 6.45) is -1.53. The van der Waals surface area contributed by atoms with Crippen LogP contribution in [0.15, 0.2) is 41.2 Å². The summed E-state index contributed by atoms with van der Waals surface area (Å²) in [5.41, 5.74) is 0.0552. The quantitative estimate of drug-likeness (QED) is 0.319. The van der Waals surface area contributed by atoms with Gasteiger partial charge in [0.2, 0.25) is 0 Å². The Hall–Kier alpha value is -3.58. The monoisotopic (exact) mass is 520 g/mol.